The Bertz CT molecular complexity index is 2440. The van der Waals surface area contributed by atoms with E-state index in [1.54, 1.807) is 33.4 Å². The van der Waals surface area contributed by atoms with Gasteiger partial charge in [-0.1, -0.05) is 352 Å². The van der Waals surface area contributed by atoms with Crippen LogP contribution >= 0.6 is 0 Å². The summed E-state index contributed by atoms with van der Waals surface area (Å²) in [5.74, 6) is 1.15. The van der Waals surface area contributed by atoms with Gasteiger partial charge in [0.1, 0.15) is 0 Å². The minimum absolute atomic E-state index is 0.0162. The second-order valence-corrected chi connectivity index (χ2v) is 40.1. The van der Waals surface area contributed by atoms with Crippen LogP contribution in [0.1, 0.15) is 425 Å². The molecule has 0 spiro atoms. The molecule has 0 aliphatic carbocycles. The Morgan fingerprint density at radius 2 is 0.461 bits per heavy atom. The predicted molar refractivity (Wildman–Crippen MR) is 451 cm³/mol. The number of hydrogen-bond donors (Lipinski definition) is 3. The maximum absolute atomic E-state index is 13.3. The Hall–Kier alpha value is -3.24. The highest BCUT2D eigenvalue weighted by Crippen LogP contribution is 2.54. The van der Waals surface area contributed by atoms with Gasteiger partial charge in [-0.15, -0.1) is 0 Å². The first-order chi connectivity index (χ1) is 48.1. The quantitative estimate of drug-likeness (QED) is 0.0386. The lowest BCUT2D eigenvalue weighted by Gasteiger charge is -2.44. The summed E-state index contributed by atoms with van der Waals surface area (Å²) in [6.45, 7) is 50.6. The zero-order valence-electron chi connectivity index (χ0n) is 71.3. The van der Waals surface area contributed by atoms with E-state index in [-0.39, 0.29) is 68.0 Å². The first-order valence-electron chi connectivity index (χ1n) is 43.4. The molecule has 0 bridgehead atoms. The molecule has 0 amide bonds. The Labute approximate surface area is 634 Å². The smallest absolute Gasteiger partial charge is 0.0578 e. The Balaban J connectivity index is 2.41. The average molecular weight is 1410 g/mol. The number of aliphatic hydroxyl groups is 3. The van der Waals surface area contributed by atoms with Gasteiger partial charge in [-0.3, -0.25) is 0 Å². The van der Waals surface area contributed by atoms with Gasteiger partial charge in [-0.05, 0) is 253 Å². The van der Waals surface area contributed by atoms with Gasteiger partial charge < -0.3 is 15.3 Å². The molecule has 3 nitrogen and oxygen atoms in total. The van der Waals surface area contributed by atoms with E-state index in [2.05, 4.69) is 236 Å². The highest BCUT2D eigenvalue weighted by atomic mass is 16.3. The SMILES string of the molecule is CCCCCCc1c(C(CCCCCCc2ccccc2)CC(C(O)CC(C)(C)C)C(C)(C)C)c(CCCCCC)c(C(CCCCCCc2ccccc2)CC(C(O)CC(C)(C)C)C(C)(C)C)c(CCCCCC)c1C(CCCCCCc1ccccc1)CC(C(O)CC(C)(C)C)C(C)(C)C. The van der Waals surface area contributed by atoms with Crippen LogP contribution in [0.4, 0.5) is 0 Å². The van der Waals surface area contributed by atoms with Gasteiger partial charge in [0.25, 0.3) is 0 Å². The van der Waals surface area contributed by atoms with Gasteiger partial charge in [0.15, 0.2) is 0 Å². The molecule has 582 valence electrons. The third kappa shape index (κ3) is 35.2. The van der Waals surface area contributed by atoms with E-state index in [9.17, 15) is 15.3 Å². The zero-order valence-corrected chi connectivity index (χ0v) is 71.3. The lowest BCUT2D eigenvalue weighted by molar-refractivity contribution is 0.00565. The fourth-order valence-electron chi connectivity index (χ4n) is 18.2. The van der Waals surface area contributed by atoms with Crippen molar-refractivity contribution in [3.63, 3.8) is 0 Å². The fourth-order valence-corrected chi connectivity index (χ4v) is 18.2. The van der Waals surface area contributed by atoms with Crippen molar-refractivity contribution in [3.05, 3.63) is 141 Å². The van der Waals surface area contributed by atoms with Crippen molar-refractivity contribution < 1.29 is 15.3 Å². The van der Waals surface area contributed by atoms with Gasteiger partial charge in [0.2, 0.25) is 0 Å². The van der Waals surface area contributed by atoms with E-state index in [0.29, 0.717) is 0 Å². The topological polar surface area (TPSA) is 60.7 Å². The number of rotatable bonds is 51. The molecule has 9 atom stereocenters. The monoisotopic (exact) mass is 1410 g/mol. The van der Waals surface area contributed by atoms with Crippen molar-refractivity contribution in [2.24, 2.45) is 50.2 Å². The molecule has 0 aliphatic rings. The molecule has 0 saturated carbocycles. The van der Waals surface area contributed by atoms with Crippen molar-refractivity contribution in [2.45, 2.75) is 432 Å². The summed E-state index contributed by atoms with van der Waals surface area (Å²) in [6.07, 6.45) is 43.5. The van der Waals surface area contributed by atoms with E-state index in [4.69, 9.17) is 0 Å². The lowest BCUT2D eigenvalue weighted by Crippen LogP contribution is -2.37. The van der Waals surface area contributed by atoms with Crippen LogP contribution in [0.2, 0.25) is 0 Å². The Morgan fingerprint density at radius 1 is 0.255 bits per heavy atom. The maximum Gasteiger partial charge on any atom is 0.0578 e. The van der Waals surface area contributed by atoms with Gasteiger partial charge in [-0.25, -0.2) is 0 Å². The summed E-state index contributed by atoms with van der Waals surface area (Å²) < 4.78 is 0. The molecule has 4 aromatic carbocycles. The molecule has 3 heteroatoms. The fraction of sp³-hybridized carbons (Fsp3) is 0.758. The average Bonchev–Trinajstić information content (AvgIpc) is 0.735. The number of aliphatic hydroxyl groups excluding tert-OH is 3. The zero-order chi connectivity index (χ0) is 75.6. The summed E-state index contributed by atoms with van der Waals surface area (Å²) in [6, 6.07) is 33.7. The van der Waals surface area contributed by atoms with E-state index in [1.807, 2.05) is 0 Å². The minimum atomic E-state index is -0.422. The van der Waals surface area contributed by atoms with Crippen molar-refractivity contribution in [1.82, 2.24) is 0 Å². The van der Waals surface area contributed by atoms with Gasteiger partial charge in [-0.2, -0.15) is 0 Å². The van der Waals surface area contributed by atoms with Crippen molar-refractivity contribution in [1.29, 1.82) is 0 Å². The molecule has 0 fully saturated rings. The highest BCUT2D eigenvalue weighted by molar-refractivity contribution is 5.57. The summed E-state index contributed by atoms with van der Waals surface area (Å²) in [5.41, 5.74) is 14.4. The molecule has 9 unspecified atom stereocenters. The van der Waals surface area contributed by atoms with E-state index in [1.165, 1.54) is 171 Å². The molecule has 0 saturated heterocycles. The van der Waals surface area contributed by atoms with Crippen LogP contribution in [-0.4, -0.2) is 33.6 Å². The Kier molecular flexibility index (Phi) is 41.3. The molecule has 102 heavy (non-hydrogen) atoms. The Morgan fingerprint density at radius 3 is 0.667 bits per heavy atom. The number of unbranched alkanes of at least 4 members (excludes halogenated alkanes) is 18. The summed E-state index contributed by atoms with van der Waals surface area (Å²) in [7, 11) is 0. The highest BCUT2D eigenvalue weighted by Gasteiger charge is 2.43. The molecular weight excluding hydrogens is 1240 g/mol. The summed E-state index contributed by atoms with van der Waals surface area (Å²) >= 11 is 0. The number of hydrogen-bond acceptors (Lipinski definition) is 3. The van der Waals surface area contributed by atoms with E-state index >= 15 is 0 Å². The van der Waals surface area contributed by atoms with Crippen LogP contribution in [0.3, 0.4) is 0 Å². The normalized spacial score (nSPS) is 15.6. The molecular formula is C99H168O3. The van der Waals surface area contributed by atoms with Crippen LogP contribution < -0.4 is 0 Å². The van der Waals surface area contributed by atoms with Gasteiger partial charge in [0.05, 0.1) is 18.3 Å². The third-order valence-corrected chi connectivity index (χ3v) is 23.7. The standard InChI is InChI=1S/C99H168O3/c1-22-25-28-52-67-82-91(79(64-49-34-31-40-55-76-58-43-37-44-59-76)70-85(97(13,14)15)88(100)73-94(4,5)6)83(68-53-29-26-23-2)93(81(66-51-36-33-42-57-78-62-47-39-48-63-78)72-87(99(19,20)21)90(102)75-96(10,11)12)84(69-54-30-27-24-3)92(82)80(65-50-35-32-41-56-77-60-45-38-46-61-77)71-86(98(16,17)18)89(101)74-95(7,8)9/h37-39,43-48,58-63,79-81,85-90,100-102H,22-36,40-42,49-57,64-75H2,1-21H3. The van der Waals surface area contributed by atoms with Gasteiger partial charge >= 0.3 is 0 Å². The molecule has 0 heterocycles. The largest absolute Gasteiger partial charge is 0.393 e. The first kappa shape index (κ1) is 91.1. The van der Waals surface area contributed by atoms with E-state index < -0.39 is 18.3 Å². The molecule has 0 aromatic heterocycles. The number of benzene rings is 4. The van der Waals surface area contributed by atoms with Crippen LogP contribution in [-0.2, 0) is 38.5 Å². The molecule has 0 radical (unpaired) electrons. The van der Waals surface area contributed by atoms with Crippen LogP contribution in [0.25, 0.3) is 0 Å². The predicted octanol–water partition coefficient (Wildman–Crippen LogP) is 29.4. The second-order valence-electron chi connectivity index (χ2n) is 40.1. The minimum Gasteiger partial charge on any atom is -0.393 e. The summed E-state index contributed by atoms with van der Waals surface area (Å²) in [5, 5.41) is 39.8. The number of aryl methyl sites for hydroxylation is 3. The molecule has 3 N–H and O–H groups in total. The van der Waals surface area contributed by atoms with Gasteiger partial charge in [0, 0.05) is 0 Å². The van der Waals surface area contributed by atoms with Crippen molar-refractivity contribution >= 4 is 0 Å². The lowest BCUT2D eigenvalue weighted by atomic mass is 9.62. The molecule has 4 rings (SSSR count). The second kappa shape index (κ2) is 46.2. The van der Waals surface area contributed by atoms with Crippen LogP contribution in [0.15, 0.2) is 91.0 Å². The molecule has 0 aliphatic heterocycles. The maximum atomic E-state index is 13.3. The van der Waals surface area contributed by atoms with E-state index in [0.717, 1.165) is 96.3 Å². The van der Waals surface area contributed by atoms with Crippen molar-refractivity contribution in [2.75, 3.05) is 0 Å². The van der Waals surface area contributed by atoms with Crippen LogP contribution in [0.5, 0.6) is 0 Å². The molecule has 4 aromatic rings. The van der Waals surface area contributed by atoms with Crippen LogP contribution in [0, 0.1) is 50.2 Å². The third-order valence-electron chi connectivity index (χ3n) is 23.7. The van der Waals surface area contributed by atoms with Crippen molar-refractivity contribution in [3.8, 4) is 0 Å². The summed E-state index contributed by atoms with van der Waals surface area (Å²) in [4.78, 5) is 0. The first-order valence-corrected chi connectivity index (χ1v) is 43.4.